The molecule has 1 atom stereocenters. The first-order valence-corrected chi connectivity index (χ1v) is 5.90. The van der Waals surface area contributed by atoms with Crippen molar-refractivity contribution < 1.29 is 29.0 Å². The van der Waals surface area contributed by atoms with Gasteiger partial charge in [-0.15, -0.1) is 0 Å². The largest absolute Gasteiger partial charge is 0.479 e. The normalized spacial score (nSPS) is 16.9. The van der Waals surface area contributed by atoms with Crippen LogP contribution in [0.1, 0.15) is 18.8 Å². The monoisotopic (exact) mass is 283 g/mol. The van der Waals surface area contributed by atoms with Gasteiger partial charge in [0.15, 0.2) is 18.1 Å². The smallest absolute Gasteiger partial charge is 0.344 e. The standard InChI is InChI=1S/C12H13NO7/c1-7(11(14)15)20-10-3-2-8(6-9(10)13(16)17)12-18-4-5-19-12/h2-3,6-7,12H,4-5H2,1H3,(H,14,15). The van der Waals surface area contributed by atoms with E-state index >= 15 is 0 Å². The predicted molar refractivity (Wildman–Crippen MR) is 65.5 cm³/mol. The fourth-order valence-electron chi connectivity index (χ4n) is 1.72. The Morgan fingerprint density at radius 1 is 1.50 bits per heavy atom. The molecule has 0 aliphatic carbocycles. The van der Waals surface area contributed by atoms with Gasteiger partial charge in [-0.05, 0) is 19.1 Å². The molecule has 8 heteroatoms. The van der Waals surface area contributed by atoms with Crippen LogP contribution in [0.5, 0.6) is 5.75 Å². The molecule has 1 unspecified atom stereocenters. The van der Waals surface area contributed by atoms with Gasteiger partial charge in [0.2, 0.25) is 0 Å². The van der Waals surface area contributed by atoms with Crippen LogP contribution in [0.25, 0.3) is 0 Å². The molecule has 108 valence electrons. The summed E-state index contributed by atoms with van der Waals surface area (Å²) in [5.41, 5.74) is 0.166. The summed E-state index contributed by atoms with van der Waals surface area (Å²) in [4.78, 5) is 21.1. The lowest BCUT2D eigenvalue weighted by atomic mass is 10.2. The zero-order valence-electron chi connectivity index (χ0n) is 10.6. The van der Waals surface area contributed by atoms with E-state index < -0.39 is 23.3 Å². The van der Waals surface area contributed by atoms with Crippen molar-refractivity contribution in [1.82, 2.24) is 0 Å². The minimum atomic E-state index is -1.20. The molecule has 1 heterocycles. The van der Waals surface area contributed by atoms with Gasteiger partial charge >= 0.3 is 11.7 Å². The second-order valence-corrected chi connectivity index (χ2v) is 4.16. The van der Waals surface area contributed by atoms with Crippen molar-refractivity contribution in [1.29, 1.82) is 0 Å². The molecular formula is C12H13NO7. The maximum absolute atomic E-state index is 11.0. The minimum Gasteiger partial charge on any atom is -0.479 e. The molecule has 8 nitrogen and oxygen atoms in total. The predicted octanol–water partition coefficient (Wildman–Crippen LogP) is 1.49. The van der Waals surface area contributed by atoms with Crippen molar-refractivity contribution in [3.8, 4) is 5.75 Å². The summed E-state index contributed by atoms with van der Waals surface area (Å²) in [7, 11) is 0. The summed E-state index contributed by atoms with van der Waals surface area (Å²) in [5, 5.41) is 19.8. The summed E-state index contributed by atoms with van der Waals surface area (Å²) in [5.74, 6) is -1.31. The number of nitro groups is 1. The molecular weight excluding hydrogens is 270 g/mol. The number of ether oxygens (including phenoxy) is 3. The number of carbonyl (C=O) groups is 1. The average Bonchev–Trinajstić information content (AvgIpc) is 2.92. The number of nitro benzene ring substituents is 1. The van der Waals surface area contributed by atoms with E-state index in [4.69, 9.17) is 19.3 Å². The highest BCUT2D eigenvalue weighted by atomic mass is 16.7. The number of carboxylic acid groups (broad SMARTS) is 1. The number of hydrogen-bond donors (Lipinski definition) is 1. The molecule has 1 aliphatic rings. The maximum atomic E-state index is 11.0. The van der Waals surface area contributed by atoms with Crippen LogP contribution in [0.4, 0.5) is 5.69 Å². The van der Waals surface area contributed by atoms with E-state index in [1.165, 1.54) is 19.1 Å². The third-order valence-corrected chi connectivity index (χ3v) is 2.73. The molecule has 1 aromatic carbocycles. The zero-order chi connectivity index (χ0) is 14.7. The molecule has 0 aromatic heterocycles. The average molecular weight is 283 g/mol. The van der Waals surface area contributed by atoms with E-state index in [0.29, 0.717) is 18.8 Å². The summed E-state index contributed by atoms with van der Waals surface area (Å²) in [6.07, 6.45) is -1.82. The fourth-order valence-corrected chi connectivity index (χ4v) is 1.72. The number of hydrogen-bond acceptors (Lipinski definition) is 6. The summed E-state index contributed by atoms with van der Waals surface area (Å²) in [6, 6.07) is 4.16. The molecule has 1 aromatic rings. The molecule has 1 saturated heterocycles. The van der Waals surface area contributed by atoms with Crippen molar-refractivity contribution >= 4 is 11.7 Å². The second kappa shape index (κ2) is 5.85. The van der Waals surface area contributed by atoms with Crippen molar-refractivity contribution in [2.75, 3.05) is 13.2 Å². The van der Waals surface area contributed by atoms with Gasteiger partial charge in [-0.3, -0.25) is 10.1 Å². The van der Waals surface area contributed by atoms with Crippen molar-refractivity contribution in [2.24, 2.45) is 0 Å². The Labute approximate surface area is 114 Å². The van der Waals surface area contributed by atoms with Crippen molar-refractivity contribution in [2.45, 2.75) is 19.3 Å². The van der Waals surface area contributed by atoms with Crippen LogP contribution in [0.3, 0.4) is 0 Å². The quantitative estimate of drug-likeness (QED) is 0.644. The molecule has 0 bridgehead atoms. The number of nitrogens with zero attached hydrogens (tertiary/aromatic N) is 1. The van der Waals surface area contributed by atoms with Crippen LogP contribution in [0.2, 0.25) is 0 Å². The zero-order valence-corrected chi connectivity index (χ0v) is 10.6. The van der Waals surface area contributed by atoms with Crippen LogP contribution < -0.4 is 4.74 Å². The van der Waals surface area contributed by atoms with Crippen LogP contribution >= 0.6 is 0 Å². The van der Waals surface area contributed by atoms with Gasteiger partial charge in [0.1, 0.15) is 0 Å². The molecule has 0 saturated carbocycles. The van der Waals surface area contributed by atoms with Gasteiger partial charge in [0.25, 0.3) is 0 Å². The molecule has 0 radical (unpaired) electrons. The van der Waals surface area contributed by atoms with E-state index in [-0.39, 0.29) is 11.4 Å². The third kappa shape index (κ3) is 3.03. The first-order valence-electron chi connectivity index (χ1n) is 5.90. The van der Waals surface area contributed by atoms with E-state index in [2.05, 4.69) is 0 Å². The van der Waals surface area contributed by atoms with Crippen molar-refractivity contribution in [3.63, 3.8) is 0 Å². The SMILES string of the molecule is CC(Oc1ccc(C2OCCO2)cc1[N+](=O)[O-])C(=O)O. The fraction of sp³-hybridized carbons (Fsp3) is 0.417. The highest BCUT2D eigenvalue weighted by Gasteiger charge is 2.25. The Hall–Kier alpha value is -2.19. The highest BCUT2D eigenvalue weighted by molar-refractivity contribution is 5.72. The summed E-state index contributed by atoms with van der Waals surface area (Å²) in [6.45, 7) is 2.14. The molecule has 0 spiro atoms. The first kappa shape index (κ1) is 14.2. The lowest BCUT2D eigenvalue weighted by molar-refractivity contribution is -0.386. The second-order valence-electron chi connectivity index (χ2n) is 4.16. The molecule has 1 aliphatic heterocycles. The third-order valence-electron chi connectivity index (χ3n) is 2.73. The van der Waals surface area contributed by atoms with Gasteiger partial charge < -0.3 is 19.3 Å². The Bertz CT molecular complexity index is 525. The van der Waals surface area contributed by atoms with Crippen molar-refractivity contribution in [3.05, 3.63) is 33.9 Å². The van der Waals surface area contributed by atoms with E-state index in [1.54, 1.807) is 6.07 Å². The van der Waals surface area contributed by atoms with Gasteiger partial charge in [0, 0.05) is 11.6 Å². The molecule has 1 N–H and O–H groups in total. The Balaban J connectivity index is 2.28. The highest BCUT2D eigenvalue weighted by Crippen LogP contribution is 2.33. The van der Waals surface area contributed by atoms with Gasteiger partial charge in [-0.25, -0.2) is 4.79 Å². The van der Waals surface area contributed by atoms with Gasteiger partial charge in [0.05, 0.1) is 18.1 Å². The van der Waals surface area contributed by atoms with Crippen LogP contribution in [0.15, 0.2) is 18.2 Å². The topological polar surface area (TPSA) is 108 Å². The summed E-state index contributed by atoms with van der Waals surface area (Å²) < 4.78 is 15.6. The van der Waals surface area contributed by atoms with Gasteiger partial charge in [-0.2, -0.15) is 0 Å². The molecule has 1 fully saturated rings. The van der Waals surface area contributed by atoms with E-state index in [0.717, 1.165) is 0 Å². The van der Waals surface area contributed by atoms with Crippen LogP contribution in [-0.4, -0.2) is 35.3 Å². The molecule has 0 amide bonds. The first-order chi connectivity index (χ1) is 9.49. The Morgan fingerprint density at radius 2 is 2.15 bits per heavy atom. The molecule has 20 heavy (non-hydrogen) atoms. The number of benzene rings is 1. The van der Waals surface area contributed by atoms with Crippen LogP contribution in [0, 0.1) is 10.1 Å². The Morgan fingerprint density at radius 3 is 2.70 bits per heavy atom. The number of carboxylic acids is 1. The lowest BCUT2D eigenvalue weighted by Gasteiger charge is -2.13. The summed E-state index contributed by atoms with van der Waals surface area (Å²) >= 11 is 0. The van der Waals surface area contributed by atoms with E-state index in [1.807, 2.05) is 0 Å². The van der Waals surface area contributed by atoms with Crippen LogP contribution in [-0.2, 0) is 14.3 Å². The maximum Gasteiger partial charge on any atom is 0.344 e. The minimum absolute atomic E-state index is 0.105. The van der Waals surface area contributed by atoms with E-state index in [9.17, 15) is 14.9 Å². The van der Waals surface area contributed by atoms with Gasteiger partial charge in [-0.1, -0.05) is 0 Å². The lowest BCUT2D eigenvalue weighted by Crippen LogP contribution is -2.23. The Kier molecular flexibility index (Phi) is 4.16. The number of aliphatic carboxylic acids is 1. The molecule has 2 rings (SSSR count). The number of rotatable bonds is 5.